The summed E-state index contributed by atoms with van der Waals surface area (Å²) < 4.78 is 0. The number of carboxylic acids is 1. The van der Waals surface area contributed by atoms with Crippen LogP contribution in [-0.4, -0.2) is 52.1 Å². The second kappa shape index (κ2) is 11.4. The average molecular weight is 497 g/mol. The molecule has 0 bridgehead atoms. The molecule has 7 heteroatoms. The lowest BCUT2D eigenvalue weighted by atomic mass is 10.1. The monoisotopic (exact) mass is 496 g/mol. The zero-order valence-electron chi connectivity index (χ0n) is 20.0. The Hall–Kier alpha value is -3.68. The van der Waals surface area contributed by atoms with Crippen LogP contribution in [0.15, 0.2) is 96.2 Å². The van der Waals surface area contributed by atoms with Gasteiger partial charge in [-0.25, -0.2) is 14.8 Å². The van der Waals surface area contributed by atoms with Crippen LogP contribution in [0.25, 0.3) is 11.3 Å². The molecule has 4 aromatic rings. The van der Waals surface area contributed by atoms with E-state index in [0.717, 1.165) is 60.5 Å². The van der Waals surface area contributed by atoms with E-state index in [0.29, 0.717) is 11.3 Å². The van der Waals surface area contributed by atoms with Crippen molar-refractivity contribution in [2.24, 2.45) is 0 Å². The highest BCUT2D eigenvalue weighted by molar-refractivity contribution is 7.98. The number of thioether (sulfide) groups is 1. The number of nitrogens with zero attached hydrogens (tertiary/aromatic N) is 4. The van der Waals surface area contributed by atoms with E-state index >= 15 is 0 Å². The second-order valence-corrected chi connectivity index (χ2v) is 9.74. The number of anilines is 1. The van der Waals surface area contributed by atoms with Crippen molar-refractivity contribution in [2.75, 3.05) is 31.1 Å². The molecule has 2 heterocycles. The van der Waals surface area contributed by atoms with Crippen molar-refractivity contribution in [3.8, 4) is 11.3 Å². The molecule has 1 saturated heterocycles. The molecular formula is C29H28N4O2S. The maximum atomic E-state index is 11.1. The first-order valence-electron chi connectivity index (χ1n) is 12.0. The van der Waals surface area contributed by atoms with Crippen LogP contribution in [0.4, 0.5) is 5.82 Å². The van der Waals surface area contributed by atoms with Crippen LogP contribution < -0.4 is 4.90 Å². The highest BCUT2D eigenvalue weighted by Crippen LogP contribution is 2.28. The molecule has 1 fully saturated rings. The van der Waals surface area contributed by atoms with E-state index in [2.05, 4.69) is 58.3 Å². The van der Waals surface area contributed by atoms with E-state index in [4.69, 9.17) is 15.1 Å². The van der Waals surface area contributed by atoms with Crippen LogP contribution >= 0.6 is 11.8 Å². The minimum atomic E-state index is -0.915. The first kappa shape index (κ1) is 24.0. The molecule has 0 unspecified atom stereocenters. The normalized spacial score (nSPS) is 14.1. The van der Waals surface area contributed by atoms with Crippen LogP contribution in [0.3, 0.4) is 0 Å². The third-order valence-electron chi connectivity index (χ3n) is 6.28. The number of carboxylic acid groups (broad SMARTS) is 1. The van der Waals surface area contributed by atoms with E-state index in [1.165, 1.54) is 5.56 Å². The molecule has 0 spiro atoms. The van der Waals surface area contributed by atoms with Crippen molar-refractivity contribution >= 4 is 23.5 Å². The number of benzene rings is 3. The molecule has 1 aromatic heterocycles. The van der Waals surface area contributed by atoms with Gasteiger partial charge < -0.3 is 10.0 Å². The Bertz CT molecular complexity index is 1290. The molecule has 0 radical (unpaired) electrons. The lowest BCUT2D eigenvalue weighted by Crippen LogP contribution is -2.46. The summed E-state index contributed by atoms with van der Waals surface area (Å²) in [5.74, 6) is 0.705. The molecule has 1 aliphatic rings. The number of rotatable bonds is 8. The van der Waals surface area contributed by atoms with Gasteiger partial charge in [0, 0.05) is 50.1 Å². The molecule has 1 aliphatic heterocycles. The fourth-order valence-electron chi connectivity index (χ4n) is 4.26. The minimum absolute atomic E-state index is 0.291. The number of piperazine rings is 1. The van der Waals surface area contributed by atoms with Gasteiger partial charge in [-0.3, -0.25) is 4.90 Å². The number of aromatic carboxylic acids is 1. The van der Waals surface area contributed by atoms with E-state index in [9.17, 15) is 4.79 Å². The summed E-state index contributed by atoms with van der Waals surface area (Å²) in [4.78, 5) is 25.7. The van der Waals surface area contributed by atoms with Crippen LogP contribution in [0.2, 0.25) is 0 Å². The predicted octanol–water partition coefficient (Wildman–Crippen LogP) is 5.46. The maximum absolute atomic E-state index is 11.1. The number of hydrogen-bond acceptors (Lipinski definition) is 6. The Balaban J connectivity index is 1.31. The number of aromatic nitrogens is 2. The molecule has 0 aliphatic carbocycles. The standard InChI is InChI=1S/C29H28N4O2S/c34-28(35)25-13-11-23(12-14-25)21-36-29-30-26(24-9-5-2-6-10-24)19-27(31-29)33-17-15-32(16-18-33)20-22-7-3-1-4-8-22/h1-14,19H,15-18,20-21H2,(H,34,35). The fourth-order valence-corrected chi connectivity index (χ4v) is 5.07. The molecule has 0 atom stereocenters. The Morgan fingerprint density at radius 2 is 1.47 bits per heavy atom. The molecule has 0 amide bonds. The van der Waals surface area contributed by atoms with Crippen molar-refractivity contribution < 1.29 is 9.90 Å². The summed E-state index contributed by atoms with van der Waals surface area (Å²) in [5.41, 5.74) is 4.65. The zero-order valence-corrected chi connectivity index (χ0v) is 20.8. The first-order valence-corrected chi connectivity index (χ1v) is 13.0. The minimum Gasteiger partial charge on any atom is -0.478 e. The Morgan fingerprint density at radius 1 is 0.806 bits per heavy atom. The molecule has 182 valence electrons. The lowest BCUT2D eigenvalue weighted by Gasteiger charge is -2.35. The fraction of sp³-hybridized carbons (Fsp3) is 0.207. The van der Waals surface area contributed by atoms with E-state index < -0.39 is 5.97 Å². The van der Waals surface area contributed by atoms with Gasteiger partial charge in [0.25, 0.3) is 0 Å². The smallest absolute Gasteiger partial charge is 0.335 e. The van der Waals surface area contributed by atoms with E-state index in [1.807, 2.05) is 30.3 Å². The third-order valence-corrected chi connectivity index (χ3v) is 7.19. The number of hydrogen-bond donors (Lipinski definition) is 1. The molecular weight excluding hydrogens is 468 g/mol. The highest BCUT2D eigenvalue weighted by atomic mass is 32.2. The molecule has 3 aromatic carbocycles. The topological polar surface area (TPSA) is 69.6 Å². The Labute approximate surface area is 215 Å². The molecule has 6 nitrogen and oxygen atoms in total. The van der Waals surface area contributed by atoms with Gasteiger partial charge in [0.15, 0.2) is 5.16 Å². The van der Waals surface area contributed by atoms with Gasteiger partial charge in [0.1, 0.15) is 5.82 Å². The highest BCUT2D eigenvalue weighted by Gasteiger charge is 2.20. The molecule has 0 saturated carbocycles. The van der Waals surface area contributed by atoms with E-state index in [-0.39, 0.29) is 0 Å². The Morgan fingerprint density at radius 3 is 2.14 bits per heavy atom. The van der Waals surface area contributed by atoms with Gasteiger partial charge in [-0.05, 0) is 23.3 Å². The largest absolute Gasteiger partial charge is 0.478 e. The Kier molecular flexibility index (Phi) is 7.59. The lowest BCUT2D eigenvalue weighted by molar-refractivity contribution is 0.0697. The molecule has 1 N–H and O–H groups in total. The van der Waals surface area contributed by atoms with Crippen molar-refractivity contribution in [1.82, 2.24) is 14.9 Å². The van der Waals surface area contributed by atoms with Crippen molar-refractivity contribution in [3.05, 3.63) is 108 Å². The van der Waals surface area contributed by atoms with Gasteiger partial charge in [-0.1, -0.05) is 84.6 Å². The summed E-state index contributed by atoms with van der Waals surface area (Å²) in [6.45, 7) is 4.77. The van der Waals surface area contributed by atoms with Crippen LogP contribution in [-0.2, 0) is 12.3 Å². The summed E-state index contributed by atoms with van der Waals surface area (Å²) in [6.07, 6.45) is 0. The van der Waals surface area contributed by atoms with Crippen LogP contribution in [0, 0.1) is 0 Å². The van der Waals surface area contributed by atoms with Gasteiger partial charge >= 0.3 is 5.97 Å². The van der Waals surface area contributed by atoms with Crippen LogP contribution in [0.1, 0.15) is 21.5 Å². The second-order valence-electron chi connectivity index (χ2n) is 8.80. The third kappa shape index (κ3) is 6.11. The maximum Gasteiger partial charge on any atom is 0.335 e. The number of carbonyl (C=O) groups is 1. The van der Waals surface area contributed by atoms with Crippen molar-refractivity contribution in [1.29, 1.82) is 0 Å². The molecule has 5 rings (SSSR count). The summed E-state index contributed by atoms with van der Waals surface area (Å²) in [6, 6.07) is 29.9. The van der Waals surface area contributed by atoms with Gasteiger partial charge in [-0.2, -0.15) is 0 Å². The van der Waals surface area contributed by atoms with Crippen molar-refractivity contribution in [2.45, 2.75) is 17.5 Å². The SMILES string of the molecule is O=C(O)c1ccc(CSc2nc(-c3ccccc3)cc(N3CCN(Cc4ccccc4)CC3)n2)cc1. The van der Waals surface area contributed by atoms with Gasteiger partial charge in [0.05, 0.1) is 11.3 Å². The first-order chi connectivity index (χ1) is 17.6. The summed E-state index contributed by atoms with van der Waals surface area (Å²) in [5, 5.41) is 9.86. The van der Waals surface area contributed by atoms with Gasteiger partial charge in [0.2, 0.25) is 0 Å². The van der Waals surface area contributed by atoms with Gasteiger partial charge in [-0.15, -0.1) is 0 Å². The average Bonchev–Trinajstić information content (AvgIpc) is 2.93. The zero-order chi connectivity index (χ0) is 24.7. The quantitative estimate of drug-likeness (QED) is 0.257. The summed E-state index contributed by atoms with van der Waals surface area (Å²) in [7, 11) is 0. The van der Waals surface area contributed by atoms with E-state index in [1.54, 1.807) is 23.9 Å². The predicted molar refractivity (Wildman–Crippen MR) is 144 cm³/mol. The summed E-state index contributed by atoms with van der Waals surface area (Å²) >= 11 is 1.57. The van der Waals surface area contributed by atoms with Crippen molar-refractivity contribution in [3.63, 3.8) is 0 Å². The van der Waals surface area contributed by atoms with Crippen LogP contribution in [0.5, 0.6) is 0 Å². The molecule has 36 heavy (non-hydrogen) atoms.